The summed E-state index contributed by atoms with van der Waals surface area (Å²) in [6.45, 7) is 0. The lowest BCUT2D eigenvalue weighted by Crippen LogP contribution is -2.11. The van der Waals surface area contributed by atoms with E-state index in [9.17, 15) is 0 Å². The van der Waals surface area contributed by atoms with E-state index >= 15 is 0 Å². The Morgan fingerprint density at radius 1 is 0.382 bits per heavy atom. The smallest absolute Gasteiger partial charge is 0.0640 e. The molecule has 0 aliphatic rings. The zero-order valence-corrected chi connectivity index (χ0v) is 30.7. The van der Waals surface area contributed by atoms with Crippen LogP contribution in [0.3, 0.4) is 0 Å². The van der Waals surface area contributed by atoms with Crippen LogP contribution in [0.15, 0.2) is 206 Å². The first-order chi connectivity index (χ1) is 27.3. The zero-order valence-electron chi connectivity index (χ0n) is 29.9. The van der Waals surface area contributed by atoms with E-state index in [2.05, 4.69) is 216 Å². The number of hydrogen-bond donors (Lipinski definition) is 0. The van der Waals surface area contributed by atoms with Crippen molar-refractivity contribution in [3.63, 3.8) is 0 Å². The van der Waals surface area contributed by atoms with Crippen LogP contribution in [0.4, 0.5) is 17.1 Å². The normalized spacial score (nSPS) is 11.6. The number of benzene rings is 9. The fourth-order valence-electron chi connectivity index (χ4n) is 8.46. The van der Waals surface area contributed by atoms with Crippen molar-refractivity contribution in [2.75, 3.05) is 4.90 Å². The molecule has 0 fully saturated rings. The van der Waals surface area contributed by atoms with Crippen LogP contribution in [-0.4, -0.2) is 4.57 Å². The van der Waals surface area contributed by atoms with Gasteiger partial charge in [0.05, 0.1) is 32.8 Å². The average molecular weight is 719 g/mol. The highest BCUT2D eigenvalue weighted by Gasteiger charge is 2.21. The quantitative estimate of drug-likeness (QED) is 0.166. The van der Waals surface area contributed by atoms with Crippen LogP contribution in [0.25, 0.3) is 80.7 Å². The monoisotopic (exact) mass is 718 g/mol. The van der Waals surface area contributed by atoms with E-state index < -0.39 is 0 Å². The number of anilines is 3. The molecule has 2 heterocycles. The van der Waals surface area contributed by atoms with Gasteiger partial charge in [0.25, 0.3) is 0 Å². The van der Waals surface area contributed by atoms with E-state index in [4.69, 9.17) is 0 Å². The Kier molecular flexibility index (Phi) is 7.39. The van der Waals surface area contributed by atoms with Crippen molar-refractivity contribution in [2.24, 2.45) is 0 Å². The van der Waals surface area contributed by atoms with Crippen molar-refractivity contribution >= 4 is 81.1 Å². The van der Waals surface area contributed by atoms with Crippen molar-refractivity contribution in [1.82, 2.24) is 4.57 Å². The summed E-state index contributed by atoms with van der Waals surface area (Å²) in [6, 6.07) is 75.1. The predicted molar refractivity (Wildman–Crippen MR) is 237 cm³/mol. The van der Waals surface area contributed by atoms with E-state index in [-0.39, 0.29) is 0 Å². The van der Waals surface area contributed by atoms with Gasteiger partial charge in [-0.15, -0.1) is 11.3 Å². The molecule has 258 valence electrons. The van der Waals surface area contributed by atoms with Gasteiger partial charge in [0.15, 0.2) is 0 Å². The van der Waals surface area contributed by atoms with Gasteiger partial charge in [-0.1, -0.05) is 158 Å². The predicted octanol–water partition coefficient (Wildman–Crippen LogP) is 15.1. The first-order valence-corrected chi connectivity index (χ1v) is 19.6. The van der Waals surface area contributed by atoms with Gasteiger partial charge < -0.3 is 9.47 Å². The van der Waals surface area contributed by atoms with E-state index in [1.54, 1.807) is 0 Å². The zero-order chi connectivity index (χ0) is 36.3. The van der Waals surface area contributed by atoms with E-state index in [1.807, 2.05) is 11.3 Å². The fourth-order valence-corrected chi connectivity index (χ4v) is 9.67. The van der Waals surface area contributed by atoms with Gasteiger partial charge in [0.1, 0.15) is 0 Å². The molecule has 0 amide bonds. The highest BCUT2D eigenvalue weighted by Crippen LogP contribution is 2.46. The molecule has 0 bridgehead atoms. The van der Waals surface area contributed by atoms with E-state index in [0.29, 0.717) is 0 Å². The van der Waals surface area contributed by atoms with E-state index in [1.165, 1.54) is 80.7 Å². The summed E-state index contributed by atoms with van der Waals surface area (Å²) in [7, 11) is 0. The first-order valence-electron chi connectivity index (χ1n) is 18.8. The van der Waals surface area contributed by atoms with Crippen molar-refractivity contribution in [3.05, 3.63) is 206 Å². The number of hydrogen-bond acceptors (Lipinski definition) is 2. The van der Waals surface area contributed by atoms with Gasteiger partial charge >= 0.3 is 0 Å². The Bertz CT molecular complexity index is 3200. The topological polar surface area (TPSA) is 8.17 Å². The number of nitrogens with zero attached hydrogens (tertiary/aromatic N) is 2. The van der Waals surface area contributed by atoms with Crippen LogP contribution in [0.1, 0.15) is 0 Å². The molecule has 0 saturated carbocycles. The van der Waals surface area contributed by atoms with Crippen LogP contribution < -0.4 is 4.90 Å². The molecule has 0 saturated heterocycles. The van der Waals surface area contributed by atoms with Gasteiger partial charge in [-0.05, 0) is 70.6 Å². The summed E-state index contributed by atoms with van der Waals surface area (Å²) in [5, 5.41) is 7.53. The maximum absolute atomic E-state index is 2.49. The van der Waals surface area contributed by atoms with Crippen molar-refractivity contribution < 1.29 is 0 Å². The molecular formula is C52H34N2S. The standard InChI is InChI=1S/C52H34N2S/c1-2-14-35(15-3-1)36-28-31-39(32-29-36)53(47-25-12-17-37-16-4-5-18-40(37)47)46-23-9-6-19-41(46)38-30-33-43-42-20-7-10-24-48(42)54(50(43)34-38)49-26-13-22-45-44-21-8-11-27-51(44)55-52(45)49/h1-34H. The van der Waals surface area contributed by atoms with Crippen LogP contribution in [-0.2, 0) is 0 Å². The third-order valence-electron chi connectivity index (χ3n) is 11.0. The molecular weight excluding hydrogens is 685 g/mol. The SMILES string of the molecule is c1ccc(-c2ccc(N(c3ccccc3-c3ccc4c5ccccc5n(-c5cccc6c5sc5ccccc56)c4c3)c3cccc4ccccc34)cc2)cc1. The molecule has 9 aromatic carbocycles. The van der Waals surface area contributed by atoms with Gasteiger partial charge in [0, 0.05) is 42.9 Å². The molecule has 11 rings (SSSR count). The number of para-hydroxylation sites is 2. The van der Waals surface area contributed by atoms with Crippen LogP contribution in [0.5, 0.6) is 0 Å². The molecule has 2 nitrogen and oxygen atoms in total. The number of fused-ring (bicyclic) bond motifs is 7. The van der Waals surface area contributed by atoms with Crippen LogP contribution >= 0.6 is 11.3 Å². The molecule has 0 unspecified atom stereocenters. The lowest BCUT2D eigenvalue weighted by Gasteiger charge is -2.29. The molecule has 55 heavy (non-hydrogen) atoms. The molecule has 11 aromatic rings. The molecule has 0 radical (unpaired) electrons. The number of rotatable bonds is 6. The maximum Gasteiger partial charge on any atom is 0.0640 e. The minimum atomic E-state index is 1.11. The van der Waals surface area contributed by atoms with Crippen LogP contribution in [0.2, 0.25) is 0 Å². The van der Waals surface area contributed by atoms with Crippen molar-refractivity contribution in [3.8, 4) is 27.9 Å². The minimum Gasteiger partial charge on any atom is -0.309 e. The van der Waals surface area contributed by atoms with Crippen molar-refractivity contribution in [2.45, 2.75) is 0 Å². The Morgan fingerprint density at radius 2 is 1.00 bits per heavy atom. The molecule has 0 spiro atoms. The molecule has 0 atom stereocenters. The van der Waals surface area contributed by atoms with Crippen molar-refractivity contribution in [1.29, 1.82) is 0 Å². The lowest BCUT2D eigenvalue weighted by molar-refractivity contribution is 1.20. The Morgan fingerprint density at radius 3 is 1.89 bits per heavy atom. The Balaban J connectivity index is 1.14. The first kappa shape index (κ1) is 31.6. The average Bonchev–Trinajstić information content (AvgIpc) is 3.80. The highest BCUT2D eigenvalue weighted by molar-refractivity contribution is 7.26. The molecule has 0 aliphatic heterocycles. The second kappa shape index (κ2) is 12.9. The van der Waals surface area contributed by atoms with E-state index in [0.717, 1.165) is 17.1 Å². The largest absolute Gasteiger partial charge is 0.309 e. The Labute approximate surface area is 323 Å². The third-order valence-corrected chi connectivity index (χ3v) is 12.2. The van der Waals surface area contributed by atoms with Gasteiger partial charge in [-0.2, -0.15) is 0 Å². The molecule has 0 N–H and O–H groups in total. The summed E-state index contributed by atoms with van der Waals surface area (Å²) >= 11 is 1.88. The second-order valence-electron chi connectivity index (χ2n) is 14.1. The summed E-state index contributed by atoms with van der Waals surface area (Å²) < 4.78 is 5.10. The summed E-state index contributed by atoms with van der Waals surface area (Å²) in [6.07, 6.45) is 0. The minimum absolute atomic E-state index is 1.11. The lowest BCUT2D eigenvalue weighted by atomic mass is 9.99. The third kappa shape index (κ3) is 5.16. The summed E-state index contributed by atoms with van der Waals surface area (Å²) in [5.74, 6) is 0. The Hall–Kier alpha value is -6.94. The van der Waals surface area contributed by atoms with Gasteiger partial charge in [-0.3, -0.25) is 0 Å². The van der Waals surface area contributed by atoms with Crippen LogP contribution in [0, 0.1) is 0 Å². The molecule has 2 aromatic heterocycles. The van der Waals surface area contributed by atoms with Gasteiger partial charge in [-0.25, -0.2) is 0 Å². The number of thiophene rings is 1. The highest BCUT2D eigenvalue weighted by atomic mass is 32.1. The molecule has 0 aliphatic carbocycles. The summed E-state index contributed by atoms with van der Waals surface area (Å²) in [5.41, 5.74) is 11.7. The fraction of sp³-hybridized carbons (Fsp3) is 0. The number of aromatic nitrogens is 1. The summed E-state index contributed by atoms with van der Waals surface area (Å²) in [4.78, 5) is 2.43. The maximum atomic E-state index is 2.49. The second-order valence-corrected chi connectivity index (χ2v) is 15.2. The molecule has 3 heteroatoms. The van der Waals surface area contributed by atoms with Gasteiger partial charge in [0.2, 0.25) is 0 Å².